The molecule has 0 spiro atoms. The number of primary amides is 1. The number of carbonyl (C=O) groups is 1. The summed E-state index contributed by atoms with van der Waals surface area (Å²) >= 11 is 0. The SMILES string of the molecule is CCc1nc2ccc(C#Cc3cnc(NC)c4cnc(C5(C(N)=O)CC5)cc34)cc2n1C. The van der Waals surface area contributed by atoms with Gasteiger partial charge < -0.3 is 15.6 Å². The van der Waals surface area contributed by atoms with Gasteiger partial charge in [-0.2, -0.15) is 0 Å². The van der Waals surface area contributed by atoms with E-state index in [0.29, 0.717) is 5.69 Å². The van der Waals surface area contributed by atoms with Gasteiger partial charge in [0, 0.05) is 49.2 Å². The Balaban J connectivity index is 1.62. The van der Waals surface area contributed by atoms with Crippen LogP contribution < -0.4 is 11.1 Å². The van der Waals surface area contributed by atoms with Crippen LogP contribution in [0.5, 0.6) is 0 Å². The van der Waals surface area contributed by atoms with Crippen molar-refractivity contribution in [3.05, 3.63) is 59.3 Å². The Morgan fingerprint density at radius 1 is 1.19 bits per heavy atom. The quantitative estimate of drug-likeness (QED) is 0.491. The molecule has 1 fully saturated rings. The maximum absolute atomic E-state index is 12.0. The van der Waals surface area contributed by atoms with E-state index < -0.39 is 5.41 Å². The molecule has 3 heterocycles. The van der Waals surface area contributed by atoms with Crippen molar-refractivity contribution in [2.75, 3.05) is 12.4 Å². The van der Waals surface area contributed by atoms with Crippen molar-refractivity contribution in [2.45, 2.75) is 31.6 Å². The van der Waals surface area contributed by atoms with Gasteiger partial charge in [-0.3, -0.25) is 9.78 Å². The first kappa shape index (κ1) is 20.0. The number of anilines is 1. The molecular formula is C25H24N6O. The Morgan fingerprint density at radius 2 is 2.00 bits per heavy atom. The van der Waals surface area contributed by atoms with Gasteiger partial charge in [0.1, 0.15) is 11.6 Å². The molecule has 1 aliphatic carbocycles. The predicted octanol–water partition coefficient (Wildman–Crippen LogP) is 3.04. The number of nitrogens with two attached hydrogens (primary N) is 1. The second-order valence-electron chi connectivity index (χ2n) is 8.23. The second kappa shape index (κ2) is 7.34. The molecule has 0 radical (unpaired) electrons. The second-order valence-corrected chi connectivity index (χ2v) is 8.23. The molecule has 3 N–H and O–H groups in total. The number of amides is 1. The van der Waals surface area contributed by atoms with E-state index in [0.717, 1.165) is 63.8 Å². The summed E-state index contributed by atoms with van der Waals surface area (Å²) in [5.41, 5.74) is 9.44. The average Bonchev–Trinajstić information content (AvgIpc) is 3.57. The molecule has 4 aromatic rings. The third-order valence-electron chi connectivity index (χ3n) is 6.35. The molecule has 32 heavy (non-hydrogen) atoms. The Morgan fingerprint density at radius 3 is 2.69 bits per heavy atom. The zero-order valence-electron chi connectivity index (χ0n) is 18.4. The molecule has 0 aliphatic heterocycles. The van der Waals surface area contributed by atoms with Crippen LogP contribution >= 0.6 is 0 Å². The zero-order valence-corrected chi connectivity index (χ0v) is 18.4. The molecule has 7 heteroatoms. The number of hydrogen-bond donors (Lipinski definition) is 2. The van der Waals surface area contributed by atoms with Gasteiger partial charge in [-0.25, -0.2) is 9.97 Å². The van der Waals surface area contributed by atoms with E-state index in [2.05, 4.69) is 49.7 Å². The number of fused-ring (bicyclic) bond motifs is 2. The highest BCUT2D eigenvalue weighted by molar-refractivity contribution is 5.97. The van der Waals surface area contributed by atoms with Crippen molar-refractivity contribution in [3.8, 4) is 11.8 Å². The van der Waals surface area contributed by atoms with E-state index in [9.17, 15) is 4.79 Å². The van der Waals surface area contributed by atoms with Crippen molar-refractivity contribution in [3.63, 3.8) is 0 Å². The van der Waals surface area contributed by atoms with E-state index in [1.807, 2.05) is 32.3 Å². The van der Waals surface area contributed by atoms with Gasteiger partial charge in [-0.1, -0.05) is 18.8 Å². The van der Waals surface area contributed by atoms with Crippen LogP contribution in [0.25, 0.3) is 21.8 Å². The summed E-state index contributed by atoms with van der Waals surface area (Å²) < 4.78 is 2.11. The topological polar surface area (TPSA) is 98.7 Å². The molecule has 1 aliphatic rings. The van der Waals surface area contributed by atoms with Crippen molar-refractivity contribution in [1.82, 2.24) is 19.5 Å². The van der Waals surface area contributed by atoms with Crippen LogP contribution in [0.15, 0.2) is 36.7 Å². The van der Waals surface area contributed by atoms with Crippen molar-refractivity contribution >= 4 is 33.5 Å². The normalized spacial score (nSPS) is 14.2. The third kappa shape index (κ3) is 3.07. The van der Waals surface area contributed by atoms with Gasteiger partial charge in [-0.05, 0) is 37.1 Å². The maximum atomic E-state index is 12.0. The number of nitrogens with zero attached hydrogens (tertiary/aromatic N) is 4. The Kier molecular flexibility index (Phi) is 4.59. The fraction of sp³-hybridized carbons (Fsp3) is 0.280. The molecule has 0 atom stereocenters. The Labute approximate surface area is 186 Å². The first-order chi connectivity index (χ1) is 15.5. The molecular weight excluding hydrogens is 400 g/mol. The summed E-state index contributed by atoms with van der Waals surface area (Å²) in [5.74, 6) is 7.99. The molecule has 0 unspecified atom stereocenters. The summed E-state index contributed by atoms with van der Waals surface area (Å²) in [7, 11) is 3.85. The molecule has 1 aromatic carbocycles. The molecule has 0 bridgehead atoms. The van der Waals surface area contributed by atoms with Crippen LogP contribution in [0, 0.1) is 11.8 Å². The standard InChI is InChI=1S/C25H24N6O/c1-4-22-30-19-8-6-15(11-20(19)31(22)3)5-7-16-13-29-23(27-2)18-14-28-21(12-17(16)18)25(9-10-25)24(26)32/h6,8,11-14H,4,9-10H2,1-3H3,(H2,26,32)(H,27,29). The van der Waals surface area contributed by atoms with E-state index >= 15 is 0 Å². The molecule has 0 saturated heterocycles. The highest BCUT2D eigenvalue weighted by Gasteiger charge is 2.51. The van der Waals surface area contributed by atoms with Gasteiger partial charge in [0.2, 0.25) is 5.91 Å². The lowest BCUT2D eigenvalue weighted by atomic mass is 9.98. The van der Waals surface area contributed by atoms with Gasteiger partial charge in [0.15, 0.2) is 0 Å². The Hall–Kier alpha value is -3.92. The van der Waals surface area contributed by atoms with Crippen molar-refractivity contribution in [2.24, 2.45) is 12.8 Å². The van der Waals surface area contributed by atoms with E-state index in [1.54, 1.807) is 12.4 Å². The molecule has 3 aromatic heterocycles. The summed E-state index contributed by atoms with van der Waals surface area (Å²) in [4.78, 5) is 25.7. The fourth-order valence-electron chi connectivity index (χ4n) is 4.22. The largest absolute Gasteiger partial charge is 0.373 e. The number of aryl methyl sites for hydroxylation is 2. The van der Waals surface area contributed by atoms with Crippen LogP contribution in [0.1, 0.15) is 42.4 Å². The van der Waals surface area contributed by atoms with Crippen LogP contribution in [0.4, 0.5) is 5.82 Å². The summed E-state index contributed by atoms with van der Waals surface area (Å²) in [6.07, 6.45) is 5.86. The van der Waals surface area contributed by atoms with Crippen LogP contribution in [-0.2, 0) is 23.7 Å². The molecule has 160 valence electrons. The average molecular weight is 425 g/mol. The minimum Gasteiger partial charge on any atom is -0.373 e. The lowest BCUT2D eigenvalue weighted by Gasteiger charge is -2.13. The van der Waals surface area contributed by atoms with E-state index in [1.165, 1.54) is 0 Å². The minimum absolute atomic E-state index is 0.323. The first-order valence-corrected chi connectivity index (χ1v) is 10.7. The van der Waals surface area contributed by atoms with Gasteiger partial charge >= 0.3 is 0 Å². The number of nitrogens with one attached hydrogen (secondary N) is 1. The number of rotatable bonds is 4. The summed E-state index contributed by atoms with van der Waals surface area (Å²) in [6.45, 7) is 2.10. The third-order valence-corrected chi connectivity index (χ3v) is 6.35. The zero-order chi connectivity index (χ0) is 22.5. The lowest BCUT2D eigenvalue weighted by molar-refractivity contribution is -0.120. The summed E-state index contributed by atoms with van der Waals surface area (Å²) in [5, 5.41) is 4.87. The first-order valence-electron chi connectivity index (χ1n) is 10.7. The van der Waals surface area contributed by atoms with Crippen LogP contribution in [-0.4, -0.2) is 32.5 Å². The highest BCUT2D eigenvalue weighted by atomic mass is 16.1. The number of aromatic nitrogens is 4. The molecule has 1 saturated carbocycles. The van der Waals surface area contributed by atoms with E-state index in [-0.39, 0.29) is 5.91 Å². The number of imidazole rings is 1. The van der Waals surface area contributed by atoms with Crippen molar-refractivity contribution in [1.29, 1.82) is 0 Å². The highest BCUT2D eigenvalue weighted by Crippen LogP contribution is 2.47. The predicted molar refractivity (Wildman–Crippen MR) is 125 cm³/mol. The van der Waals surface area contributed by atoms with Gasteiger partial charge in [0.25, 0.3) is 0 Å². The van der Waals surface area contributed by atoms with Gasteiger partial charge in [0.05, 0.1) is 27.7 Å². The van der Waals surface area contributed by atoms with Gasteiger partial charge in [-0.15, -0.1) is 0 Å². The smallest absolute Gasteiger partial charge is 0.229 e. The monoisotopic (exact) mass is 424 g/mol. The van der Waals surface area contributed by atoms with Crippen LogP contribution in [0.2, 0.25) is 0 Å². The summed E-state index contributed by atoms with van der Waals surface area (Å²) in [6, 6.07) is 7.99. The number of benzene rings is 1. The fourth-order valence-corrected chi connectivity index (χ4v) is 4.22. The lowest BCUT2D eigenvalue weighted by Crippen LogP contribution is -2.29. The maximum Gasteiger partial charge on any atom is 0.229 e. The molecule has 7 nitrogen and oxygen atoms in total. The molecule has 5 rings (SSSR count). The molecule has 1 amide bonds. The number of carbonyl (C=O) groups excluding carboxylic acids is 1. The van der Waals surface area contributed by atoms with Crippen molar-refractivity contribution < 1.29 is 4.79 Å². The van der Waals surface area contributed by atoms with Crippen LogP contribution in [0.3, 0.4) is 0 Å². The Bertz CT molecular complexity index is 1450. The number of pyridine rings is 2. The number of hydrogen-bond acceptors (Lipinski definition) is 5. The minimum atomic E-state index is -0.649. The van der Waals surface area contributed by atoms with E-state index in [4.69, 9.17) is 5.73 Å².